The number of benzene rings is 1. The predicted octanol–water partition coefficient (Wildman–Crippen LogP) is 2.26. The summed E-state index contributed by atoms with van der Waals surface area (Å²) >= 11 is 1.90. The molecule has 19 heavy (non-hydrogen) atoms. The maximum Gasteiger partial charge on any atom is 0.231 e. The van der Waals surface area contributed by atoms with Gasteiger partial charge in [-0.3, -0.25) is 4.79 Å². The first-order chi connectivity index (χ1) is 9.25. The van der Waals surface area contributed by atoms with Crippen LogP contribution in [-0.2, 0) is 11.3 Å². The molecule has 1 amide bonds. The Morgan fingerprint density at radius 2 is 2.26 bits per heavy atom. The van der Waals surface area contributed by atoms with E-state index in [9.17, 15) is 4.79 Å². The lowest BCUT2D eigenvalue weighted by atomic mass is 10.1. The van der Waals surface area contributed by atoms with Crippen molar-refractivity contribution in [3.8, 4) is 0 Å². The molecule has 3 rings (SSSR count). The van der Waals surface area contributed by atoms with Crippen molar-refractivity contribution in [2.24, 2.45) is 5.92 Å². The molecule has 0 aromatic heterocycles. The fourth-order valence-corrected chi connectivity index (χ4v) is 4.01. The van der Waals surface area contributed by atoms with Crippen LogP contribution in [0.5, 0.6) is 0 Å². The summed E-state index contributed by atoms with van der Waals surface area (Å²) in [5, 5.41) is 3.48. The molecule has 3 nitrogen and oxygen atoms in total. The predicted molar refractivity (Wildman–Crippen MR) is 80.5 cm³/mol. The fraction of sp³-hybridized carbons (Fsp3) is 0.533. The van der Waals surface area contributed by atoms with Crippen LogP contribution >= 0.6 is 11.8 Å². The number of thioether (sulfide) groups is 1. The third-order valence-electron chi connectivity index (χ3n) is 3.92. The third kappa shape index (κ3) is 2.65. The van der Waals surface area contributed by atoms with Crippen LogP contribution in [0.25, 0.3) is 0 Å². The van der Waals surface area contributed by atoms with Crippen LogP contribution in [0.3, 0.4) is 0 Å². The van der Waals surface area contributed by atoms with E-state index in [0.717, 1.165) is 36.7 Å². The average molecular weight is 276 g/mol. The maximum atomic E-state index is 12.7. The minimum Gasteiger partial charge on any atom is -0.310 e. The molecule has 1 aromatic rings. The van der Waals surface area contributed by atoms with Gasteiger partial charge in [0.05, 0.1) is 0 Å². The molecule has 1 saturated heterocycles. The van der Waals surface area contributed by atoms with E-state index in [1.807, 2.05) is 28.8 Å². The van der Waals surface area contributed by atoms with E-state index in [4.69, 9.17) is 0 Å². The molecule has 0 saturated carbocycles. The first-order valence-electron chi connectivity index (χ1n) is 6.96. The van der Waals surface area contributed by atoms with Gasteiger partial charge in [0.15, 0.2) is 0 Å². The van der Waals surface area contributed by atoms with Gasteiger partial charge in [-0.25, -0.2) is 0 Å². The number of nitrogens with zero attached hydrogens (tertiary/aromatic N) is 1. The van der Waals surface area contributed by atoms with Gasteiger partial charge in [-0.2, -0.15) is 11.8 Å². The Kier molecular flexibility index (Phi) is 3.80. The molecule has 1 fully saturated rings. The number of carbonyl (C=O) groups excluding carboxylic acids is 1. The number of anilines is 1. The normalized spacial score (nSPS) is 26.9. The van der Waals surface area contributed by atoms with E-state index >= 15 is 0 Å². The average Bonchev–Trinajstić information content (AvgIpc) is 2.91. The monoisotopic (exact) mass is 276 g/mol. The van der Waals surface area contributed by atoms with Crippen LogP contribution < -0.4 is 10.2 Å². The van der Waals surface area contributed by atoms with Crippen LogP contribution in [0.1, 0.15) is 18.9 Å². The molecule has 4 heteroatoms. The number of para-hydroxylation sites is 1. The number of hydrogen-bond donors (Lipinski definition) is 1. The molecule has 1 N–H and O–H groups in total. The molecule has 1 aromatic carbocycles. The van der Waals surface area contributed by atoms with E-state index < -0.39 is 0 Å². The largest absolute Gasteiger partial charge is 0.310 e. The van der Waals surface area contributed by atoms with Crippen molar-refractivity contribution < 1.29 is 4.79 Å². The minimum absolute atomic E-state index is 0.211. The van der Waals surface area contributed by atoms with Gasteiger partial charge in [0.1, 0.15) is 0 Å². The summed E-state index contributed by atoms with van der Waals surface area (Å²) < 4.78 is 0. The number of hydrogen-bond acceptors (Lipinski definition) is 3. The smallest absolute Gasteiger partial charge is 0.231 e. The zero-order valence-electron chi connectivity index (χ0n) is 11.3. The molecule has 2 unspecified atom stereocenters. The first kappa shape index (κ1) is 13.0. The first-order valence-corrected chi connectivity index (χ1v) is 8.11. The summed E-state index contributed by atoms with van der Waals surface area (Å²) in [6.45, 7) is 3.77. The van der Waals surface area contributed by atoms with Gasteiger partial charge in [-0.05, 0) is 30.7 Å². The highest BCUT2D eigenvalue weighted by Gasteiger charge is 2.31. The van der Waals surface area contributed by atoms with Crippen molar-refractivity contribution in [3.63, 3.8) is 0 Å². The molecular formula is C15H20N2OS. The van der Waals surface area contributed by atoms with Crippen LogP contribution in [0.2, 0.25) is 0 Å². The molecule has 0 radical (unpaired) electrons. The number of fused-ring (bicyclic) bond motifs is 1. The van der Waals surface area contributed by atoms with E-state index in [1.54, 1.807) is 0 Å². The van der Waals surface area contributed by atoms with Crippen molar-refractivity contribution in [2.75, 3.05) is 23.0 Å². The molecule has 2 aliphatic heterocycles. The summed E-state index contributed by atoms with van der Waals surface area (Å²) in [5.74, 6) is 2.63. The van der Waals surface area contributed by atoms with E-state index in [1.165, 1.54) is 5.56 Å². The van der Waals surface area contributed by atoms with Gasteiger partial charge in [0, 0.05) is 36.5 Å². The summed E-state index contributed by atoms with van der Waals surface area (Å²) in [6, 6.07) is 8.60. The molecular weight excluding hydrogens is 256 g/mol. The maximum absolute atomic E-state index is 12.7. The summed E-state index contributed by atoms with van der Waals surface area (Å²) in [4.78, 5) is 14.8. The van der Waals surface area contributed by atoms with E-state index in [2.05, 4.69) is 24.4 Å². The van der Waals surface area contributed by atoms with Crippen molar-refractivity contribution in [1.29, 1.82) is 0 Å². The molecule has 2 heterocycles. The highest BCUT2D eigenvalue weighted by atomic mass is 32.2. The summed E-state index contributed by atoms with van der Waals surface area (Å²) in [7, 11) is 0. The van der Waals surface area contributed by atoms with E-state index in [-0.39, 0.29) is 5.92 Å². The van der Waals surface area contributed by atoms with Gasteiger partial charge in [0.25, 0.3) is 0 Å². The number of amides is 1. The van der Waals surface area contributed by atoms with Crippen molar-refractivity contribution in [3.05, 3.63) is 29.8 Å². The Bertz CT molecular complexity index is 471. The second kappa shape index (κ2) is 5.55. The van der Waals surface area contributed by atoms with Crippen LogP contribution in [-0.4, -0.2) is 30.0 Å². The quantitative estimate of drug-likeness (QED) is 0.854. The SMILES string of the molecule is CC1CN(C(=O)C2CCSC2)c2ccccc2CN1. The lowest BCUT2D eigenvalue weighted by Crippen LogP contribution is -2.42. The number of rotatable bonds is 1. The molecule has 0 bridgehead atoms. The Labute approximate surface area is 118 Å². The van der Waals surface area contributed by atoms with Gasteiger partial charge >= 0.3 is 0 Å². The second-order valence-electron chi connectivity index (χ2n) is 5.42. The summed E-state index contributed by atoms with van der Waals surface area (Å²) in [5.41, 5.74) is 2.33. The Balaban J connectivity index is 1.91. The van der Waals surface area contributed by atoms with Gasteiger partial charge in [-0.15, -0.1) is 0 Å². The molecule has 102 valence electrons. The minimum atomic E-state index is 0.211. The van der Waals surface area contributed by atoms with Gasteiger partial charge < -0.3 is 10.2 Å². The fourth-order valence-electron chi connectivity index (χ4n) is 2.80. The number of nitrogens with one attached hydrogen (secondary N) is 1. The molecule has 0 aliphatic carbocycles. The van der Waals surface area contributed by atoms with Crippen LogP contribution in [0, 0.1) is 5.92 Å². The lowest BCUT2D eigenvalue weighted by Gasteiger charge is -2.27. The van der Waals surface area contributed by atoms with E-state index in [0.29, 0.717) is 11.9 Å². The van der Waals surface area contributed by atoms with Gasteiger partial charge in [0.2, 0.25) is 5.91 Å². The van der Waals surface area contributed by atoms with Crippen LogP contribution in [0.4, 0.5) is 5.69 Å². The Hall–Kier alpha value is -1.00. The van der Waals surface area contributed by atoms with Crippen molar-refractivity contribution in [2.45, 2.75) is 25.9 Å². The Morgan fingerprint density at radius 1 is 1.42 bits per heavy atom. The van der Waals surface area contributed by atoms with Gasteiger partial charge in [-0.1, -0.05) is 18.2 Å². The highest BCUT2D eigenvalue weighted by molar-refractivity contribution is 7.99. The summed E-state index contributed by atoms with van der Waals surface area (Å²) in [6.07, 6.45) is 1.03. The van der Waals surface area contributed by atoms with Crippen molar-refractivity contribution >= 4 is 23.4 Å². The molecule has 0 spiro atoms. The standard InChI is InChI=1S/C15H20N2OS/c1-11-9-17(15(18)13-6-7-19-10-13)14-5-3-2-4-12(14)8-16-11/h2-5,11,13,16H,6-10H2,1H3. The topological polar surface area (TPSA) is 32.3 Å². The van der Waals surface area contributed by atoms with Crippen LogP contribution in [0.15, 0.2) is 24.3 Å². The highest BCUT2D eigenvalue weighted by Crippen LogP contribution is 2.30. The Morgan fingerprint density at radius 3 is 3.05 bits per heavy atom. The molecule has 2 aliphatic rings. The number of carbonyl (C=O) groups is 1. The second-order valence-corrected chi connectivity index (χ2v) is 6.57. The van der Waals surface area contributed by atoms with Crippen molar-refractivity contribution in [1.82, 2.24) is 5.32 Å². The zero-order valence-corrected chi connectivity index (χ0v) is 12.1. The third-order valence-corrected chi connectivity index (χ3v) is 5.09. The zero-order chi connectivity index (χ0) is 13.2. The lowest BCUT2D eigenvalue weighted by molar-refractivity contribution is -0.121. The molecule has 2 atom stereocenters.